The summed E-state index contributed by atoms with van der Waals surface area (Å²) in [4.78, 5) is 10.7. The summed E-state index contributed by atoms with van der Waals surface area (Å²) < 4.78 is 9.58. The second-order valence-corrected chi connectivity index (χ2v) is 2.58. The van der Waals surface area contributed by atoms with E-state index in [-0.39, 0.29) is 0 Å². The van der Waals surface area contributed by atoms with Gasteiger partial charge in [-0.25, -0.2) is 4.79 Å². The third-order valence-electron chi connectivity index (χ3n) is 1.64. The minimum atomic E-state index is -0.479. The number of esters is 1. The van der Waals surface area contributed by atoms with E-state index in [9.17, 15) is 4.79 Å². The van der Waals surface area contributed by atoms with Crippen LogP contribution in [0.1, 0.15) is 5.56 Å². The molecule has 0 aliphatic carbocycles. The molecule has 0 bridgehead atoms. The topological polar surface area (TPSA) is 35.5 Å². The monoisotopic (exact) mass is 202 g/mol. The van der Waals surface area contributed by atoms with E-state index in [2.05, 4.69) is 10.7 Å². The molecule has 0 fully saturated rings. The zero-order chi connectivity index (χ0) is 11.1. The van der Waals surface area contributed by atoms with Crippen molar-refractivity contribution in [3.05, 3.63) is 42.2 Å². The summed E-state index contributed by atoms with van der Waals surface area (Å²) >= 11 is 0. The largest absolute Gasteiger partial charge is 0.466 e. The summed E-state index contributed by atoms with van der Waals surface area (Å²) in [7, 11) is 1.29. The Labute approximate surface area is 88.3 Å². The van der Waals surface area contributed by atoms with Crippen LogP contribution >= 0.6 is 0 Å². The SMILES string of the molecule is C#Cc1ccccc1O/C=C/C(=O)OC. The quantitative estimate of drug-likeness (QED) is 0.324. The number of rotatable bonds is 3. The number of benzene rings is 1. The lowest BCUT2D eigenvalue weighted by Gasteiger charge is -2.01. The summed E-state index contributed by atoms with van der Waals surface area (Å²) in [6.07, 6.45) is 7.67. The highest BCUT2D eigenvalue weighted by Gasteiger charge is 1.97. The first kappa shape index (κ1) is 10.9. The zero-order valence-corrected chi connectivity index (χ0v) is 8.27. The first-order valence-electron chi connectivity index (χ1n) is 4.24. The molecule has 1 aromatic rings. The van der Waals surface area contributed by atoms with Crippen molar-refractivity contribution in [2.75, 3.05) is 7.11 Å². The molecule has 1 rings (SSSR count). The van der Waals surface area contributed by atoms with Gasteiger partial charge in [-0.15, -0.1) is 6.42 Å². The van der Waals surface area contributed by atoms with Crippen molar-refractivity contribution >= 4 is 5.97 Å². The molecule has 0 atom stereocenters. The molecule has 3 nitrogen and oxygen atoms in total. The van der Waals surface area contributed by atoms with Crippen molar-refractivity contribution in [1.29, 1.82) is 0 Å². The minimum Gasteiger partial charge on any atom is -0.466 e. The number of ether oxygens (including phenoxy) is 2. The Kier molecular flexibility index (Phi) is 3.99. The molecule has 3 heteroatoms. The van der Waals surface area contributed by atoms with Gasteiger partial charge in [0.05, 0.1) is 25.0 Å². The summed E-state index contributed by atoms with van der Waals surface area (Å²) in [6, 6.07) is 7.08. The van der Waals surface area contributed by atoms with Crippen molar-refractivity contribution in [1.82, 2.24) is 0 Å². The van der Waals surface area contributed by atoms with Crippen LogP contribution in [0.5, 0.6) is 5.75 Å². The molecule has 0 unspecified atom stereocenters. The van der Waals surface area contributed by atoms with Gasteiger partial charge < -0.3 is 9.47 Å². The number of carbonyl (C=O) groups is 1. The van der Waals surface area contributed by atoms with Crippen LogP contribution in [0.2, 0.25) is 0 Å². The normalized spacial score (nSPS) is 9.60. The highest BCUT2D eigenvalue weighted by atomic mass is 16.5. The van der Waals surface area contributed by atoms with E-state index in [1.54, 1.807) is 18.2 Å². The molecule has 15 heavy (non-hydrogen) atoms. The third-order valence-corrected chi connectivity index (χ3v) is 1.64. The van der Waals surface area contributed by atoms with Crippen molar-refractivity contribution in [2.24, 2.45) is 0 Å². The lowest BCUT2D eigenvalue weighted by Crippen LogP contribution is -1.95. The van der Waals surface area contributed by atoms with Gasteiger partial charge in [0.25, 0.3) is 0 Å². The number of terminal acetylenes is 1. The van der Waals surface area contributed by atoms with E-state index < -0.39 is 5.97 Å². The highest BCUT2D eigenvalue weighted by molar-refractivity contribution is 5.81. The van der Waals surface area contributed by atoms with Gasteiger partial charge in [-0.1, -0.05) is 18.1 Å². The lowest BCUT2D eigenvalue weighted by atomic mass is 10.2. The summed E-state index contributed by atoms with van der Waals surface area (Å²) in [6.45, 7) is 0. The Balaban J connectivity index is 2.70. The summed E-state index contributed by atoms with van der Waals surface area (Å²) in [5.41, 5.74) is 0.631. The summed E-state index contributed by atoms with van der Waals surface area (Å²) in [5, 5.41) is 0. The molecular formula is C12H10O3. The average molecular weight is 202 g/mol. The van der Waals surface area contributed by atoms with Gasteiger partial charge in [0.2, 0.25) is 0 Å². The van der Waals surface area contributed by atoms with E-state index in [4.69, 9.17) is 11.2 Å². The number of para-hydroxylation sites is 1. The second-order valence-electron chi connectivity index (χ2n) is 2.58. The summed E-state index contributed by atoms with van der Waals surface area (Å²) in [5.74, 6) is 2.52. The van der Waals surface area contributed by atoms with E-state index in [1.165, 1.54) is 19.4 Å². The fourth-order valence-electron chi connectivity index (χ4n) is 0.920. The van der Waals surface area contributed by atoms with Gasteiger partial charge >= 0.3 is 5.97 Å². The molecule has 76 valence electrons. The number of hydrogen-bond donors (Lipinski definition) is 0. The molecule has 0 heterocycles. The predicted molar refractivity (Wildman–Crippen MR) is 56.2 cm³/mol. The van der Waals surface area contributed by atoms with Crippen molar-refractivity contribution < 1.29 is 14.3 Å². The Morgan fingerprint density at radius 1 is 1.47 bits per heavy atom. The lowest BCUT2D eigenvalue weighted by molar-refractivity contribution is -0.134. The van der Waals surface area contributed by atoms with E-state index in [0.29, 0.717) is 11.3 Å². The Morgan fingerprint density at radius 2 is 2.20 bits per heavy atom. The maximum absolute atomic E-state index is 10.7. The van der Waals surface area contributed by atoms with Crippen LogP contribution in [0.4, 0.5) is 0 Å². The van der Waals surface area contributed by atoms with Crippen molar-refractivity contribution in [3.63, 3.8) is 0 Å². The fourth-order valence-corrected chi connectivity index (χ4v) is 0.920. The molecule has 0 amide bonds. The van der Waals surface area contributed by atoms with Gasteiger partial charge in [0, 0.05) is 0 Å². The van der Waals surface area contributed by atoms with E-state index >= 15 is 0 Å². The third kappa shape index (κ3) is 3.20. The molecule has 0 aliphatic heterocycles. The van der Waals surface area contributed by atoms with E-state index in [1.807, 2.05) is 6.07 Å². The van der Waals surface area contributed by atoms with Crippen LogP contribution in [0, 0.1) is 12.3 Å². The van der Waals surface area contributed by atoms with Gasteiger partial charge in [-0.2, -0.15) is 0 Å². The maximum atomic E-state index is 10.7. The van der Waals surface area contributed by atoms with Gasteiger partial charge in [0.1, 0.15) is 5.75 Å². The maximum Gasteiger partial charge on any atom is 0.333 e. The minimum absolute atomic E-state index is 0.479. The Bertz CT molecular complexity index is 413. The van der Waals surface area contributed by atoms with Gasteiger partial charge in [-0.3, -0.25) is 0 Å². The van der Waals surface area contributed by atoms with Gasteiger partial charge in [0.15, 0.2) is 0 Å². The zero-order valence-electron chi connectivity index (χ0n) is 8.27. The molecule has 0 aliphatic rings. The smallest absolute Gasteiger partial charge is 0.333 e. The molecule has 1 aromatic carbocycles. The number of hydrogen-bond acceptors (Lipinski definition) is 3. The molecule has 0 aromatic heterocycles. The second kappa shape index (κ2) is 5.51. The van der Waals surface area contributed by atoms with E-state index in [0.717, 1.165) is 0 Å². The van der Waals surface area contributed by atoms with Crippen molar-refractivity contribution in [2.45, 2.75) is 0 Å². The first-order chi connectivity index (χ1) is 7.27. The highest BCUT2D eigenvalue weighted by Crippen LogP contribution is 2.16. The molecule has 0 spiro atoms. The van der Waals surface area contributed by atoms with Crippen LogP contribution in [0.25, 0.3) is 0 Å². The van der Waals surface area contributed by atoms with Crippen LogP contribution in [0.3, 0.4) is 0 Å². The van der Waals surface area contributed by atoms with Crippen LogP contribution in [-0.2, 0) is 9.53 Å². The molecule has 0 radical (unpaired) electrons. The number of carbonyl (C=O) groups excluding carboxylic acids is 1. The fraction of sp³-hybridized carbons (Fsp3) is 0.0833. The molecule has 0 N–H and O–H groups in total. The van der Waals surface area contributed by atoms with Crippen LogP contribution < -0.4 is 4.74 Å². The standard InChI is InChI=1S/C12H10O3/c1-3-10-6-4-5-7-11(10)15-9-8-12(13)14-2/h1,4-9H,2H3/b9-8+. The van der Waals surface area contributed by atoms with Crippen molar-refractivity contribution in [3.8, 4) is 18.1 Å². The predicted octanol–water partition coefficient (Wildman–Crippen LogP) is 1.73. The molecular weight excluding hydrogens is 192 g/mol. The van der Waals surface area contributed by atoms with Crippen LogP contribution in [0.15, 0.2) is 36.6 Å². The Hall–Kier alpha value is -2.21. The average Bonchev–Trinajstić information content (AvgIpc) is 2.29. The molecule has 0 saturated heterocycles. The molecule has 0 saturated carbocycles. The Morgan fingerprint density at radius 3 is 2.87 bits per heavy atom. The number of methoxy groups -OCH3 is 1. The van der Waals surface area contributed by atoms with Gasteiger partial charge in [-0.05, 0) is 12.1 Å². The van der Waals surface area contributed by atoms with Crippen LogP contribution in [-0.4, -0.2) is 13.1 Å². The first-order valence-corrected chi connectivity index (χ1v) is 4.24.